The number of benzene rings is 1. The molecule has 2 aromatic rings. The minimum Gasteiger partial charge on any atom is -0.493 e. The van der Waals surface area contributed by atoms with Gasteiger partial charge in [0.05, 0.1) is 26.2 Å². The number of hydrogen-bond donors (Lipinski definition) is 2. The Morgan fingerprint density at radius 3 is 2.60 bits per heavy atom. The largest absolute Gasteiger partial charge is 0.493 e. The highest BCUT2D eigenvalue weighted by Gasteiger charge is 2.14. The average molecular weight is 346 g/mol. The number of ether oxygens (including phenoxy) is 2. The molecule has 0 saturated heterocycles. The van der Waals surface area contributed by atoms with E-state index in [4.69, 9.17) is 15.2 Å². The highest BCUT2D eigenvalue weighted by atomic mass is 16.5. The minimum atomic E-state index is -0.406. The second kappa shape index (κ2) is 8.53. The summed E-state index contributed by atoms with van der Waals surface area (Å²) in [6.07, 6.45) is 1.99. The molecule has 136 valence electrons. The first-order chi connectivity index (χ1) is 12.0. The molecule has 25 heavy (non-hydrogen) atoms. The molecule has 0 saturated carbocycles. The average Bonchev–Trinajstić information content (AvgIpc) is 2.93. The van der Waals surface area contributed by atoms with E-state index in [0.29, 0.717) is 24.6 Å². The van der Waals surface area contributed by atoms with Crippen LogP contribution in [0.1, 0.15) is 29.4 Å². The fraction of sp³-hybridized carbons (Fsp3) is 0.444. The van der Waals surface area contributed by atoms with Crippen LogP contribution in [0.2, 0.25) is 0 Å². The van der Waals surface area contributed by atoms with Gasteiger partial charge in [-0.05, 0) is 31.5 Å². The topological polar surface area (TPSA) is 91.4 Å². The van der Waals surface area contributed by atoms with E-state index in [1.54, 1.807) is 32.7 Å². The molecule has 1 aromatic heterocycles. The number of hydrogen-bond acceptors (Lipinski definition) is 5. The summed E-state index contributed by atoms with van der Waals surface area (Å²) in [5.41, 5.74) is 9.09. The zero-order valence-electron chi connectivity index (χ0n) is 15.2. The number of carbonyl (C=O) groups excluding carboxylic acids is 1. The predicted molar refractivity (Wildman–Crippen MR) is 95.8 cm³/mol. The van der Waals surface area contributed by atoms with Crippen molar-refractivity contribution >= 4 is 5.91 Å². The molecule has 0 aliphatic heterocycles. The van der Waals surface area contributed by atoms with Crippen LogP contribution in [0, 0.1) is 13.8 Å². The van der Waals surface area contributed by atoms with Crippen LogP contribution in [0.4, 0.5) is 0 Å². The third-order valence-electron chi connectivity index (χ3n) is 4.26. The van der Waals surface area contributed by atoms with Crippen molar-refractivity contribution in [3.8, 4) is 11.5 Å². The first-order valence-corrected chi connectivity index (χ1v) is 8.18. The van der Waals surface area contributed by atoms with Crippen molar-refractivity contribution in [3.05, 3.63) is 41.5 Å². The Morgan fingerprint density at radius 1 is 1.28 bits per heavy atom. The predicted octanol–water partition coefficient (Wildman–Crippen LogP) is 1.72. The van der Waals surface area contributed by atoms with Crippen molar-refractivity contribution in [2.24, 2.45) is 5.73 Å². The number of nitrogens with zero attached hydrogens (tertiary/aromatic N) is 2. The lowest BCUT2D eigenvalue weighted by Crippen LogP contribution is -2.30. The maximum absolute atomic E-state index is 12.1. The number of nitrogens with two attached hydrogens (primary N) is 1. The van der Waals surface area contributed by atoms with Crippen LogP contribution in [-0.4, -0.2) is 36.2 Å². The van der Waals surface area contributed by atoms with Crippen molar-refractivity contribution in [3.63, 3.8) is 0 Å². The van der Waals surface area contributed by atoms with Gasteiger partial charge in [0, 0.05) is 31.2 Å². The molecule has 1 aromatic carbocycles. The summed E-state index contributed by atoms with van der Waals surface area (Å²) in [7, 11) is 3.15. The van der Waals surface area contributed by atoms with Gasteiger partial charge in [0.25, 0.3) is 0 Å². The van der Waals surface area contributed by atoms with Crippen LogP contribution in [0.3, 0.4) is 0 Å². The first-order valence-electron chi connectivity index (χ1n) is 8.18. The Kier molecular flexibility index (Phi) is 6.41. The van der Waals surface area contributed by atoms with Crippen LogP contribution >= 0.6 is 0 Å². The molecular formula is C18H26N4O3. The van der Waals surface area contributed by atoms with Gasteiger partial charge in [0.15, 0.2) is 11.5 Å². The molecule has 1 unspecified atom stereocenters. The monoisotopic (exact) mass is 346 g/mol. The van der Waals surface area contributed by atoms with E-state index < -0.39 is 6.04 Å². The molecule has 0 aliphatic carbocycles. The zero-order chi connectivity index (χ0) is 18.4. The number of imidazole rings is 1. The molecule has 3 N–H and O–H groups in total. The second-order valence-corrected chi connectivity index (χ2v) is 5.88. The van der Waals surface area contributed by atoms with Crippen LogP contribution in [0.5, 0.6) is 11.5 Å². The van der Waals surface area contributed by atoms with Gasteiger partial charge >= 0.3 is 0 Å². The lowest BCUT2D eigenvalue weighted by molar-refractivity contribution is -0.121. The van der Waals surface area contributed by atoms with Crippen molar-refractivity contribution in [1.29, 1.82) is 0 Å². The van der Waals surface area contributed by atoms with Crippen LogP contribution in [0.15, 0.2) is 24.5 Å². The Hall–Kier alpha value is -2.54. The summed E-state index contributed by atoms with van der Waals surface area (Å²) >= 11 is 0. The first kappa shape index (κ1) is 18.8. The molecule has 1 amide bonds. The third kappa shape index (κ3) is 4.73. The van der Waals surface area contributed by atoms with Gasteiger partial charge < -0.3 is 25.1 Å². The van der Waals surface area contributed by atoms with Crippen molar-refractivity contribution in [2.75, 3.05) is 20.8 Å². The highest BCUT2D eigenvalue weighted by molar-refractivity contribution is 5.76. The van der Waals surface area contributed by atoms with Gasteiger partial charge in [0.1, 0.15) is 0 Å². The maximum atomic E-state index is 12.1. The van der Waals surface area contributed by atoms with Gasteiger partial charge in [-0.1, -0.05) is 6.07 Å². The van der Waals surface area contributed by atoms with Crippen molar-refractivity contribution in [1.82, 2.24) is 14.9 Å². The summed E-state index contributed by atoms with van der Waals surface area (Å²) in [5, 5.41) is 2.90. The van der Waals surface area contributed by atoms with Crippen LogP contribution in [0.25, 0.3) is 0 Å². The lowest BCUT2D eigenvalue weighted by atomic mass is 10.0. The Labute approximate surface area is 148 Å². The number of rotatable bonds is 8. The number of carbonyl (C=O) groups is 1. The lowest BCUT2D eigenvalue weighted by Gasteiger charge is -2.15. The normalized spacial score (nSPS) is 11.9. The molecule has 0 fully saturated rings. The van der Waals surface area contributed by atoms with Gasteiger partial charge in [-0.3, -0.25) is 4.79 Å². The van der Waals surface area contributed by atoms with E-state index in [-0.39, 0.29) is 12.3 Å². The molecule has 1 atom stereocenters. The highest BCUT2D eigenvalue weighted by Crippen LogP contribution is 2.30. The maximum Gasteiger partial charge on any atom is 0.221 e. The standard InChI is InChI=1S/C18H26N4O3/c1-12-13(2)22(11-21-12)8-7-20-18(23)10-15(19)14-5-6-16(24-3)17(9-14)25-4/h5-6,9,11,15H,7-8,10,19H2,1-4H3,(H,20,23). The fourth-order valence-electron chi connectivity index (χ4n) is 2.56. The number of amides is 1. The van der Waals surface area contributed by atoms with Gasteiger partial charge in [-0.15, -0.1) is 0 Å². The van der Waals surface area contributed by atoms with Crippen LogP contribution < -0.4 is 20.5 Å². The molecular weight excluding hydrogens is 320 g/mol. The molecule has 0 radical (unpaired) electrons. The number of aryl methyl sites for hydroxylation is 1. The molecule has 2 rings (SSSR count). The molecule has 1 heterocycles. The third-order valence-corrected chi connectivity index (χ3v) is 4.26. The molecule has 7 nitrogen and oxygen atoms in total. The summed E-state index contributed by atoms with van der Waals surface area (Å²) in [6, 6.07) is 5.03. The fourth-order valence-corrected chi connectivity index (χ4v) is 2.56. The van der Waals surface area contributed by atoms with E-state index in [2.05, 4.69) is 10.3 Å². The summed E-state index contributed by atoms with van der Waals surface area (Å²) < 4.78 is 12.5. The Balaban J connectivity index is 1.86. The van der Waals surface area contributed by atoms with E-state index >= 15 is 0 Å². The molecule has 0 spiro atoms. The number of nitrogens with one attached hydrogen (secondary N) is 1. The van der Waals surface area contributed by atoms with Gasteiger partial charge in [0.2, 0.25) is 5.91 Å². The second-order valence-electron chi connectivity index (χ2n) is 5.88. The minimum absolute atomic E-state index is 0.0863. The number of aromatic nitrogens is 2. The Morgan fingerprint density at radius 2 is 2.00 bits per heavy atom. The quantitative estimate of drug-likeness (QED) is 0.759. The van der Waals surface area contributed by atoms with E-state index in [1.165, 1.54) is 0 Å². The number of methoxy groups -OCH3 is 2. The van der Waals surface area contributed by atoms with Crippen molar-refractivity contribution < 1.29 is 14.3 Å². The Bertz CT molecular complexity index is 727. The van der Waals surface area contributed by atoms with Gasteiger partial charge in [-0.25, -0.2) is 4.98 Å². The molecule has 7 heteroatoms. The van der Waals surface area contributed by atoms with E-state index in [0.717, 1.165) is 17.0 Å². The zero-order valence-corrected chi connectivity index (χ0v) is 15.2. The van der Waals surface area contributed by atoms with Crippen molar-refractivity contribution in [2.45, 2.75) is 32.9 Å². The summed E-state index contributed by atoms with van der Waals surface area (Å²) in [6.45, 7) is 5.20. The summed E-state index contributed by atoms with van der Waals surface area (Å²) in [4.78, 5) is 16.4. The molecule has 0 bridgehead atoms. The molecule has 0 aliphatic rings. The van der Waals surface area contributed by atoms with Crippen LogP contribution in [-0.2, 0) is 11.3 Å². The smallest absolute Gasteiger partial charge is 0.221 e. The van der Waals surface area contributed by atoms with E-state index in [1.807, 2.05) is 24.5 Å². The van der Waals surface area contributed by atoms with Gasteiger partial charge in [-0.2, -0.15) is 0 Å². The SMILES string of the molecule is COc1ccc(C(N)CC(=O)NCCn2cnc(C)c2C)cc1OC. The summed E-state index contributed by atoms with van der Waals surface area (Å²) in [5.74, 6) is 1.15. The van der Waals surface area contributed by atoms with E-state index in [9.17, 15) is 4.79 Å².